The van der Waals surface area contributed by atoms with Crippen LogP contribution in [0.5, 0.6) is 5.75 Å². The molecule has 0 amide bonds. The minimum atomic E-state index is 0.229. The third kappa shape index (κ3) is 3.85. The Bertz CT molecular complexity index is 562. The number of benzene rings is 2. The first kappa shape index (κ1) is 14.2. The molecule has 1 aliphatic rings. The molecule has 3 rings (SSSR count). The SMILES string of the molecule is CC(C)Oc1ccc(CNC2CC2c2ccccc2)cc1. The van der Waals surface area contributed by atoms with Crippen LogP contribution in [0.3, 0.4) is 0 Å². The van der Waals surface area contributed by atoms with Crippen molar-refractivity contribution in [3.05, 3.63) is 65.7 Å². The van der Waals surface area contributed by atoms with E-state index in [-0.39, 0.29) is 6.10 Å². The molecule has 2 aromatic carbocycles. The van der Waals surface area contributed by atoms with Gasteiger partial charge in [-0.05, 0) is 43.5 Å². The summed E-state index contributed by atoms with van der Waals surface area (Å²) in [5.74, 6) is 1.64. The van der Waals surface area contributed by atoms with Gasteiger partial charge in [-0.2, -0.15) is 0 Å². The molecule has 1 fully saturated rings. The van der Waals surface area contributed by atoms with Crippen molar-refractivity contribution < 1.29 is 4.74 Å². The fourth-order valence-corrected chi connectivity index (χ4v) is 2.70. The van der Waals surface area contributed by atoms with Crippen LogP contribution in [0.15, 0.2) is 54.6 Å². The Morgan fingerprint density at radius 1 is 1.05 bits per heavy atom. The molecule has 21 heavy (non-hydrogen) atoms. The number of ether oxygens (including phenoxy) is 1. The molecular formula is C19H23NO. The van der Waals surface area contributed by atoms with Crippen LogP contribution in [0.25, 0.3) is 0 Å². The third-order valence-corrected chi connectivity index (χ3v) is 3.88. The molecule has 0 aromatic heterocycles. The van der Waals surface area contributed by atoms with E-state index < -0.39 is 0 Å². The Kier molecular flexibility index (Phi) is 4.26. The zero-order valence-electron chi connectivity index (χ0n) is 12.8. The topological polar surface area (TPSA) is 21.3 Å². The van der Waals surface area contributed by atoms with E-state index >= 15 is 0 Å². The van der Waals surface area contributed by atoms with E-state index in [0.717, 1.165) is 12.3 Å². The van der Waals surface area contributed by atoms with Crippen LogP contribution in [0, 0.1) is 0 Å². The molecule has 0 saturated heterocycles. The molecule has 2 heteroatoms. The van der Waals surface area contributed by atoms with E-state index in [9.17, 15) is 0 Å². The van der Waals surface area contributed by atoms with Gasteiger partial charge in [0.25, 0.3) is 0 Å². The molecule has 1 N–H and O–H groups in total. The van der Waals surface area contributed by atoms with Gasteiger partial charge in [0.2, 0.25) is 0 Å². The maximum atomic E-state index is 5.66. The lowest BCUT2D eigenvalue weighted by Crippen LogP contribution is -2.17. The minimum Gasteiger partial charge on any atom is -0.491 e. The highest BCUT2D eigenvalue weighted by Gasteiger charge is 2.37. The Morgan fingerprint density at radius 2 is 1.76 bits per heavy atom. The van der Waals surface area contributed by atoms with Crippen molar-refractivity contribution in [3.8, 4) is 5.75 Å². The van der Waals surface area contributed by atoms with E-state index in [1.165, 1.54) is 17.5 Å². The summed E-state index contributed by atoms with van der Waals surface area (Å²) in [5.41, 5.74) is 2.76. The molecule has 2 nitrogen and oxygen atoms in total. The van der Waals surface area contributed by atoms with Gasteiger partial charge in [0.1, 0.15) is 5.75 Å². The van der Waals surface area contributed by atoms with Crippen LogP contribution in [0.1, 0.15) is 37.3 Å². The monoisotopic (exact) mass is 281 g/mol. The molecule has 0 bridgehead atoms. The summed E-state index contributed by atoms with van der Waals surface area (Å²) >= 11 is 0. The lowest BCUT2D eigenvalue weighted by atomic mass is 10.1. The van der Waals surface area contributed by atoms with Crippen LogP contribution in [0.2, 0.25) is 0 Å². The summed E-state index contributed by atoms with van der Waals surface area (Å²) in [6, 6.07) is 19.8. The first-order valence-corrected chi connectivity index (χ1v) is 7.76. The van der Waals surface area contributed by atoms with Crippen molar-refractivity contribution in [1.29, 1.82) is 0 Å². The molecule has 0 heterocycles. The summed E-state index contributed by atoms with van der Waals surface area (Å²) in [5, 5.41) is 3.64. The standard InChI is InChI=1S/C19H23NO/c1-14(2)21-17-10-8-15(9-11-17)13-20-19-12-18(19)16-6-4-3-5-7-16/h3-11,14,18-20H,12-13H2,1-2H3. The fraction of sp³-hybridized carbons (Fsp3) is 0.368. The number of hydrogen-bond acceptors (Lipinski definition) is 2. The largest absolute Gasteiger partial charge is 0.491 e. The van der Waals surface area contributed by atoms with Gasteiger partial charge in [-0.3, -0.25) is 0 Å². The predicted molar refractivity (Wildman–Crippen MR) is 86.6 cm³/mol. The van der Waals surface area contributed by atoms with Crippen molar-refractivity contribution in [2.24, 2.45) is 0 Å². The summed E-state index contributed by atoms with van der Waals surface area (Å²) in [6.45, 7) is 5.02. The van der Waals surface area contributed by atoms with Crippen LogP contribution in [0.4, 0.5) is 0 Å². The maximum absolute atomic E-state index is 5.66. The van der Waals surface area contributed by atoms with Crippen LogP contribution >= 0.6 is 0 Å². The second-order valence-corrected chi connectivity index (χ2v) is 6.05. The summed E-state index contributed by atoms with van der Waals surface area (Å²) in [7, 11) is 0. The van der Waals surface area contributed by atoms with Crippen molar-refractivity contribution in [3.63, 3.8) is 0 Å². The molecule has 0 aliphatic heterocycles. The quantitative estimate of drug-likeness (QED) is 0.860. The van der Waals surface area contributed by atoms with E-state index in [1.807, 2.05) is 13.8 Å². The van der Waals surface area contributed by atoms with Crippen molar-refractivity contribution >= 4 is 0 Å². The summed E-state index contributed by atoms with van der Waals surface area (Å²) in [4.78, 5) is 0. The van der Waals surface area contributed by atoms with Crippen LogP contribution in [-0.4, -0.2) is 12.1 Å². The van der Waals surface area contributed by atoms with E-state index in [2.05, 4.69) is 59.9 Å². The highest BCUT2D eigenvalue weighted by atomic mass is 16.5. The van der Waals surface area contributed by atoms with Crippen LogP contribution < -0.4 is 10.1 Å². The van der Waals surface area contributed by atoms with E-state index in [4.69, 9.17) is 4.74 Å². The highest BCUT2D eigenvalue weighted by Crippen LogP contribution is 2.40. The van der Waals surface area contributed by atoms with E-state index in [0.29, 0.717) is 12.0 Å². The van der Waals surface area contributed by atoms with Gasteiger partial charge in [0, 0.05) is 18.5 Å². The zero-order chi connectivity index (χ0) is 14.7. The highest BCUT2D eigenvalue weighted by molar-refractivity contribution is 5.29. The third-order valence-electron chi connectivity index (χ3n) is 3.88. The second-order valence-electron chi connectivity index (χ2n) is 6.05. The Balaban J connectivity index is 1.48. The van der Waals surface area contributed by atoms with Gasteiger partial charge in [-0.15, -0.1) is 0 Å². The van der Waals surface area contributed by atoms with E-state index in [1.54, 1.807) is 0 Å². The second kappa shape index (κ2) is 6.31. The molecule has 110 valence electrons. The molecule has 2 aromatic rings. The average Bonchev–Trinajstić information content (AvgIpc) is 3.27. The molecule has 0 radical (unpaired) electrons. The smallest absolute Gasteiger partial charge is 0.119 e. The predicted octanol–water partition coefficient (Wildman–Crippen LogP) is 4.12. The number of rotatable bonds is 6. The van der Waals surface area contributed by atoms with Gasteiger partial charge >= 0.3 is 0 Å². The summed E-state index contributed by atoms with van der Waals surface area (Å²) in [6.07, 6.45) is 1.48. The van der Waals surface area contributed by atoms with Gasteiger partial charge in [0.05, 0.1) is 6.10 Å². The van der Waals surface area contributed by atoms with Gasteiger partial charge in [0.15, 0.2) is 0 Å². The van der Waals surface area contributed by atoms with Gasteiger partial charge in [-0.25, -0.2) is 0 Å². The zero-order valence-corrected chi connectivity index (χ0v) is 12.8. The van der Waals surface area contributed by atoms with Crippen LogP contribution in [-0.2, 0) is 6.54 Å². The first-order valence-electron chi connectivity index (χ1n) is 7.76. The Labute approximate surface area is 127 Å². The molecular weight excluding hydrogens is 258 g/mol. The maximum Gasteiger partial charge on any atom is 0.119 e. The van der Waals surface area contributed by atoms with Crippen molar-refractivity contribution in [2.75, 3.05) is 0 Å². The normalized spacial score (nSPS) is 20.5. The van der Waals surface area contributed by atoms with Gasteiger partial charge < -0.3 is 10.1 Å². The summed E-state index contributed by atoms with van der Waals surface area (Å²) < 4.78 is 5.66. The lowest BCUT2D eigenvalue weighted by Gasteiger charge is -2.10. The number of hydrogen-bond donors (Lipinski definition) is 1. The number of nitrogens with one attached hydrogen (secondary N) is 1. The molecule has 0 spiro atoms. The van der Waals surface area contributed by atoms with Crippen molar-refractivity contribution in [2.45, 2.75) is 44.9 Å². The minimum absolute atomic E-state index is 0.229. The Hall–Kier alpha value is -1.80. The molecule has 1 aliphatic carbocycles. The average molecular weight is 281 g/mol. The first-order chi connectivity index (χ1) is 10.2. The molecule has 2 atom stereocenters. The Morgan fingerprint density at radius 3 is 2.43 bits per heavy atom. The molecule has 2 unspecified atom stereocenters. The fourth-order valence-electron chi connectivity index (χ4n) is 2.70. The van der Waals surface area contributed by atoms with Crippen molar-refractivity contribution in [1.82, 2.24) is 5.32 Å². The molecule has 1 saturated carbocycles. The lowest BCUT2D eigenvalue weighted by molar-refractivity contribution is 0.242. The van der Waals surface area contributed by atoms with Gasteiger partial charge in [-0.1, -0.05) is 42.5 Å².